The summed E-state index contributed by atoms with van der Waals surface area (Å²) in [5.74, 6) is 1.54. The first kappa shape index (κ1) is 12.4. The van der Waals surface area contributed by atoms with E-state index >= 15 is 0 Å². The van der Waals surface area contributed by atoms with Gasteiger partial charge in [-0.1, -0.05) is 18.6 Å². The summed E-state index contributed by atoms with van der Waals surface area (Å²) in [5, 5.41) is 0. The average molecular weight is 248 g/mol. The second-order valence-electron chi connectivity index (χ2n) is 6.08. The first-order chi connectivity index (χ1) is 8.78. The Kier molecular flexibility index (Phi) is 3.11. The summed E-state index contributed by atoms with van der Waals surface area (Å²) in [7, 11) is 0. The summed E-state index contributed by atoms with van der Waals surface area (Å²) in [6, 6.07) is 0. The standard InChI is InChI=1S/C16H24O2/c1-3-10-17-15-9-7-13(12-15)14-6-5-8-16(14,15)18-11-4-2/h3-4,13-14H,1-2,5-12H2. The van der Waals surface area contributed by atoms with Gasteiger partial charge >= 0.3 is 0 Å². The normalized spacial score (nSPS) is 45.1. The Bertz CT molecular complexity index is 351. The minimum atomic E-state index is -0.0317. The van der Waals surface area contributed by atoms with Crippen molar-refractivity contribution in [1.29, 1.82) is 0 Å². The third kappa shape index (κ3) is 1.48. The summed E-state index contributed by atoms with van der Waals surface area (Å²) >= 11 is 0. The molecule has 2 nitrogen and oxygen atoms in total. The van der Waals surface area contributed by atoms with Gasteiger partial charge in [-0.3, -0.25) is 0 Å². The van der Waals surface area contributed by atoms with Crippen molar-refractivity contribution in [2.75, 3.05) is 13.2 Å². The van der Waals surface area contributed by atoms with Crippen molar-refractivity contribution in [3.8, 4) is 0 Å². The van der Waals surface area contributed by atoms with E-state index in [4.69, 9.17) is 9.47 Å². The lowest BCUT2D eigenvalue weighted by atomic mass is 9.74. The number of hydrogen-bond donors (Lipinski definition) is 0. The van der Waals surface area contributed by atoms with E-state index < -0.39 is 0 Å². The summed E-state index contributed by atoms with van der Waals surface area (Å²) < 4.78 is 12.6. The van der Waals surface area contributed by atoms with Crippen LogP contribution in [0.2, 0.25) is 0 Å². The molecular formula is C16H24O2. The summed E-state index contributed by atoms with van der Waals surface area (Å²) in [6.07, 6.45) is 11.2. The van der Waals surface area contributed by atoms with Crippen LogP contribution < -0.4 is 0 Å². The predicted molar refractivity (Wildman–Crippen MR) is 72.4 cm³/mol. The maximum Gasteiger partial charge on any atom is 0.101 e. The molecule has 2 bridgehead atoms. The molecule has 18 heavy (non-hydrogen) atoms. The lowest BCUT2D eigenvalue weighted by Crippen LogP contribution is -2.56. The zero-order valence-corrected chi connectivity index (χ0v) is 11.2. The Labute approximate surface area is 110 Å². The molecule has 4 unspecified atom stereocenters. The van der Waals surface area contributed by atoms with Gasteiger partial charge in [-0.2, -0.15) is 0 Å². The van der Waals surface area contributed by atoms with Crippen LogP contribution >= 0.6 is 0 Å². The van der Waals surface area contributed by atoms with Crippen LogP contribution in [0.5, 0.6) is 0 Å². The molecule has 2 heteroatoms. The molecule has 0 saturated heterocycles. The average Bonchev–Trinajstić information content (AvgIpc) is 3.04. The van der Waals surface area contributed by atoms with E-state index in [2.05, 4.69) is 13.2 Å². The lowest BCUT2D eigenvalue weighted by molar-refractivity contribution is -0.200. The Balaban J connectivity index is 1.89. The van der Waals surface area contributed by atoms with Crippen molar-refractivity contribution >= 4 is 0 Å². The molecule has 0 aromatic heterocycles. The maximum absolute atomic E-state index is 6.32. The van der Waals surface area contributed by atoms with Gasteiger partial charge in [-0.05, 0) is 43.9 Å². The largest absolute Gasteiger partial charge is 0.368 e. The van der Waals surface area contributed by atoms with Crippen molar-refractivity contribution in [2.45, 2.75) is 49.7 Å². The van der Waals surface area contributed by atoms with E-state index in [1.54, 1.807) is 0 Å². The fourth-order valence-corrected chi connectivity index (χ4v) is 4.95. The molecule has 0 aromatic rings. The van der Waals surface area contributed by atoms with Crippen molar-refractivity contribution in [3.63, 3.8) is 0 Å². The SMILES string of the molecule is C=CCOC12CCC(C1)C1CCCC12OCC=C. The smallest absolute Gasteiger partial charge is 0.101 e. The third-order valence-corrected chi connectivity index (χ3v) is 5.45. The van der Waals surface area contributed by atoms with E-state index in [0.717, 1.165) is 11.8 Å². The molecule has 0 amide bonds. The highest BCUT2D eigenvalue weighted by Gasteiger charge is 2.70. The van der Waals surface area contributed by atoms with Gasteiger partial charge in [0.1, 0.15) is 5.60 Å². The second-order valence-corrected chi connectivity index (χ2v) is 6.08. The van der Waals surface area contributed by atoms with Gasteiger partial charge in [0.15, 0.2) is 0 Å². The van der Waals surface area contributed by atoms with Crippen molar-refractivity contribution in [3.05, 3.63) is 25.3 Å². The summed E-state index contributed by atoms with van der Waals surface area (Å²) in [4.78, 5) is 0. The van der Waals surface area contributed by atoms with E-state index in [-0.39, 0.29) is 11.2 Å². The predicted octanol–water partition coefficient (Wildman–Crippen LogP) is 3.48. The number of rotatable bonds is 6. The quantitative estimate of drug-likeness (QED) is 0.670. The Morgan fingerprint density at radius 1 is 1.06 bits per heavy atom. The Hall–Kier alpha value is -0.600. The van der Waals surface area contributed by atoms with E-state index in [0.29, 0.717) is 13.2 Å². The highest BCUT2D eigenvalue weighted by Crippen LogP contribution is 2.66. The van der Waals surface area contributed by atoms with Gasteiger partial charge in [0, 0.05) is 0 Å². The van der Waals surface area contributed by atoms with Gasteiger partial charge in [0.25, 0.3) is 0 Å². The maximum atomic E-state index is 6.32. The van der Waals surface area contributed by atoms with Crippen molar-refractivity contribution in [2.24, 2.45) is 11.8 Å². The highest BCUT2D eigenvalue weighted by atomic mass is 16.6. The number of fused-ring (bicyclic) bond motifs is 5. The molecule has 0 aliphatic heterocycles. The first-order valence-corrected chi connectivity index (χ1v) is 7.28. The van der Waals surface area contributed by atoms with Crippen LogP contribution in [0.25, 0.3) is 0 Å². The topological polar surface area (TPSA) is 18.5 Å². The minimum absolute atomic E-state index is 0.0207. The molecule has 0 spiro atoms. The molecule has 0 radical (unpaired) electrons. The molecule has 3 aliphatic rings. The third-order valence-electron chi connectivity index (χ3n) is 5.45. The molecule has 0 heterocycles. The van der Waals surface area contributed by atoms with E-state index in [1.165, 1.54) is 38.5 Å². The monoisotopic (exact) mass is 248 g/mol. The van der Waals surface area contributed by atoms with Crippen LogP contribution in [0.3, 0.4) is 0 Å². The molecule has 3 fully saturated rings. The van der Waals surface area contributed by atoms with Gasteiger partial charge in [0.2, 0.25) is 0 Å². The zero-order chi connectivity index (χ0) is 12.6. The molecule has 3 rings (SSSR count). The van der Waals surface area contributed by atoms with Crippen LogP contribution in [-0.4, -0.2) is 24.4 Å². The molecular weight excluding hydrogens is 224 g/mol. The molecule has 0 aromatic carbocycles. The Morgan fingerprint density at radius 2 is 1.83 bits per heavy atom. The van der Waals surface area contributed by atoms with Gasteiger partial charge in [-0.15, -0.1) is 13.2 Å². The van der Waals surface area contributed by atoms with Crippen LogP contribution in [0.1, 0.15) is 38.5 Å². The fourth-order valence-electron chi connectivity index (χ4n) is 4.95. The fraction of sp³-hybridized carbons (Fsp3) is 0.750. The molecule has 100 valence electrons. The van der Waals surface area contributed by atoms with E-state index in [9.17, 15) is 0 Å². The van der Waals surface area contributed by atoms with Crippen molar-refractivity contribution in [1.82, 2.24) is 0 Å². The molecule has 4 atom stereocenters. The number of ether oxygens (including phenoxy) is 2. The van der Waals surface area contributed by atoms with E-state index in [1.807, 2.05) is 12.2 Å². The van der Waals surface area contributed by atoms with Crippen LogP contribution in [-0.2, 0) is 9.47 Å². The molecule has 3 saturated carbocycles. The summed E-state index contributed by atoms with van der Waals surface area (Å²) in [6.45, 7) is 8.89. The van der Waals surface area contributed by atoms with Crippen LogP contribution in [0.4, 0.5) is 0 Å². The van der Waals surface area contributed by atoms with Gasteiger partial charge in [0.05, 0.1) is 18.8 Å². The first-order valence-electron chi connectivity index (χ1n) is 7.28. The van der Waals surface area contributed by atoms with Crippen molar-refractivity contribution < 1.29 is 9.47 Å². The summed E-state index contributed by atoms with van der Waals surface area (Å²) in [5.41, 5.74) is -0.0524. The Morgan fingerprint density at radius 3 is 2.61 bits per heavy atom. The lowest BCUT2D eigenvalue weighted by Gasteiger charge is -2.47. The van der Waals surface area contributed by atoms with Crippen LogP contribution in [0, 0.1) is 11.8 Å². The van der Waals surface area contributed by atoms with Gasteiger partial charge < -0.3 is 9.47 Å². The highest BCUT2D eigenvalue weighted by molar-refractivity contribution is 5.21. The molecule has 0 N–H and O–H groups in total. The number of hydrogen-bond acceptors (Lipinski definition) is 2. The minimum Gasteiger partial charge on any atom is -0.368 e. The zero-order valence-electron chi connectivity index (χ0n) is 11.2. The van der Waals surface area contributed by atoms with Gasteiger partial charge in [-0.25, -0.2) is 0 Å². The second kappa shape index (κ2) is 4.50. The molecule has 3 aliphatic carbocycles. The van der Waals surface area contributed by atoms with Crippen LogP contribution in [0.15, 0.2) is 25.3 Å².